The van der Waals surface area contributed by atoms with Crippen LogP contribution in [0.3, 0.4) is 0 Å². The second-order valence-corrected chi connectivity index (χ2v) is 7.93. The van der Waals surface area contributed by atoms with E-state index in [0.29, 0.717) is 6.42 Å². The molecule has 0 heterocycles. The number of amides is 2. The Balaban J connectivity index is 1.66. The monoisotopic (exact) mass is 465 g/mol. The summed E-state index contributed by atoms with van der Waals surface area (Å²) in [4.78, 5) is 36.6. The molecular weight excluding hydrogens is 438 g/mol. The highest BCUT2D eigenvalue weighted by molar-refractivity contribution is 5.89. The first-order valence-electron chi connectivity index (χ1n) is 11.0. The van der Waals surface area contributed by atoms with Gasteiger partial charge in [-0.3, -0.25) is 4.79 Å². The van der Waals surface area contributed by atoms with Gasteiger partial charge in [0, 0.05) is 19.4 Å². The normalized spacial score (nSPS) is 13.6. The molecule has 2 unspecified atom stereocenters. The number of methoxy groups -OCH3 is 1. The predicted molar refractivity (Wildman–Crippen MR) is 123 cm³/mol. The summed E-state index contributed by atoms with van der Waals surface area (Å²) in [7, 11) is 1.32. The molecule has 3 N–H and O–H groups in total. The van der Waals surface area contributed by atoms with Gasteiger partial charge in [-0.25, -0.2) is 9.59 Å². The number of unbranched alkanes of at least 4 members (excludes halogenated alkanes) is 1. The van der Waals surface area contributed by atoms with Crippen LogP contribution >= 0.6 is 0 Å². The standard InChI is InChI=1S/C25H27N3O6/c1-33-15-22(24(30)31)27-23(29)21(12-6-7-13-26)28-25(32)34-14-20-18-10-4-2-8-16(18)17-9-3-5-11-19(17)20/h2-5,8-11,20-22H,6-7,12,14-15H2,1H3,(H,27,29)(H,28,32)(H,30,31). The van der Waals surface area contributed by atoms with Crippen molar-refractivity contribution >= 4 is 18.0 Å². The summed E-state index contributed by atoms with van der Waals surface area (Å²) in [5.41, 5.74) is 4.31. The summed E-state index contributed by atoms with van der Waals surface area (Å²) in [5, 5.41) is 22.9. The summed E-state index contributed by atoms with van der Waals surface area (Å²) in [5.74, 6) is -2.08. The van der Waals surface area contributed by atoms with Crippen molar-refractivity contribution in [2.24, 2.45) is 0 Å². The van der Waals surface area contributed by atoms with Crippen LogP contribution in [0.1, 0.15) is 36.3 Å². The van der Waals surface area contributed by atoms with Crippen LogP contribution in [0.4, 0.5) is 4.79 Å². The lowest BCUT2D eigenvalue weighted by Gasteiger charge is -2.21. The van der Waals surface area contributed by atoms with Crippen LogP contribution in [0.25, 0.3) is 11.1 Å². The largest absolute Gasteiger partial charge is 0.480 e. The van der Waals surface area contributed by atoms with Crippen LogP contribution in [-0.2, 0) is 19.1 Å². The molecule has 0 spiro atoms. The Hall–Kier alpha value is -3.90. The van der Waals surface area contributed by atoms with Crippen LogP contribution in [0.15, 0.2) is 48.5 Å². The number of nitrogens with one attached hydrogen (secondary N) is 2. The predicted octanol–water partition coefficient (Wildman–Crippen LogP) is 2.80. The zero-order chi connectivity index (χ0) is 24.5. The summed E-state index contributed by atoms with van der Waals surface area (Å²) in [6, 6.07) is 15.5. The molecule has 0 bridgehead atoms. The molecule has 0 aliphatic heterocycles. The lowest BCUT2D eigenvalue weighted by atomic mass is 9.98. The molecule has 2 aromatic rings. The van der Waals surface area contributed by atoms with E-state index in [4.69, 9.17) is 14.7 Å². The number of nitriles is 1. The van der Waals surface area contributed by atoms with Gasteiger partial charge in [0.15, 0.2) is 6.04 Å². The summed E-state index contributed by atoms with van der Waals surface area (Å²) < 4.78 is 10.3. The number of fused-ring (bicyclic) bond motifs is 3. The van der Waals surface area contributed by atoms with Crippen molar-refractivity contribution in [2.75, 3.05) is 20.3 Å². The number of carboxylic acids is 1. The number of rotatable bonds is 11. The maximum absolute atomic E-state index is 12.7. The average Bonchev–Trinajstić information content (AvgIpc) is 3.15. The molecule has 34 heavy (non-hydrogen) atoms. The van der Waals surface area contributed by atoms with Gasteiger partial charge in [-0.1, -0.05) is 48.5 Å². The maximum Gasteiger partial charge on any atom is 0.407 e. The molecular formula is C25H27N3O6. The quantitative estimate of drug-likeness (QED) is 0.434. The van der Waals surface area contributed by atoms with Gasteiger partial charge in [-0.2, -0.15) is 5.26 Å². The van der Waals surface area contributed by atoms with Crippen LogP contribution in [-0.4, -0.2) is 55.5 Å². The molecule has 1 aliphatic rings. The number of hydrogen-bond donors (Lipinski definition) is 3. The van der Waals surface area contributed by atoms with Crippen molar-refractivity contribution in [3.05, 3.63) is 59.7 Å². The highest BCUT2D eigenvalue weighted by atomic mass is 16.5. The van der Waals surface area contributed by atoms with E-state index >= 15 is 0 Å². The van der Waals surface area contributed by atoms with E-state index in [9.17, 15) is 19.5 Å². The van der Waals surface area contributed by atoms with Crippen LogP contribution in [0.2, 0.25) is 0 Å². The number of hydrogen-bond acceptors (Lipinski definition) is 6. The fourth-order valence-corrected chi connectivity index (χ4v) is 4.05. The number of benzene rings is 2. The van der Waals surface area contributed by atoms with Crippen molar-refractivity contribution in [3.8, 4) is 17.2 Å². The van der Waals surface area contributed by atoms with Crippen molar-refractivity contribution in [2.45, 2.75) is 37.3 Å². The lowest BCUT2D eigenvalue weighted by molar-refractivity contribution is -0.143. The maximum atomic E-state index is 12.7. The third kappa shape index (κ3) is 5.91. The van der Waals surface area contributed by atoms with E-state index in [2.05, 4.69) is 10.6 Å². The summed E-state index contributed by atoms with van der Waals surface area (Å²) >= 11 is 0. The minimum Gasteiger partial charge on any atom is -0.480 e. The molecule has 178 valence electrons. The SMILES string of the molecule is COCC(NC(=O)C(CCCC#N)NC(=O)OCC1c2ccccc2-c2ccccc21)C(=O)O. The molecule has 9 nitrogen and oxygen atoms in total. The van der Waals surface area contributed by atoms with Crippen molar-refractivity contribution in [3.63, 3.8) is 0 Å². The van der Waals surface area contributed by atoms with Crippen molar-refractivity contribution in [1.29, 1.82) is 5.26 Å². The van der Waals surface area contributed by atoms with E-state index in [1.165, 1.54) is 7.11 Å². The van der Waals surface area contributed by atoms with E-state index in [0.717, 1.165) is 22.3 Å². The fraction of sp³-hybridized carbons (Fsp3) is 0.360. The second-order valence-electron chi connectivity index (χ2n) is 7.93. The van der Waals surface area contributed by atoms with Gasteiger partial charge in [0.2, 0.25) is 5.91 Å². The Morgan fingerprint density at radius 3 is 2.21 bits per heavy atom. The molecule has 2 atom stereocenters. The first-order chi connectivity index (χ1) is 16.5. The minimum atomic E-state index is -1.26. The van der Waals surface area contributed by atoms with Gasteiger partial charge < -0.3 is 25.2 Å². The van der Waals surface area contributed by atoms with Crippen LogP contribution in [0.5, 0.6) is 0 Å². The highest BCUT2D eigenvalue weighted by Crippen LogP contribution is 2.44. The number of carboxylic acid groups (broad SMARTS) is 1. The van der Waals surface area contributed by atoms with E-state index in [1.54, 1.807) is 0 Å². The third-order valence-corrected chi connectivity index (χ3v) is 5.68. The summed E-state index contributed by atoms with van der Waals surface area (Å²) in [6.07, 6.45) is -0.0997. The fourth-order valence-electron chi connectivity index (χ4n) is 4.05. The van der Waals surface area contributed by atoms with Crippen LogP contribution < -0.4 is 10.6 Å². The van der Waals surface area contributed by atoms with Gasteiger partial charge >= 0.3 is 12.1 Å². The molecule has 0 radical (unpaired) electrons. The van der Waals surface area contributed by atoms with Gasteiger partial charge in [0.05, 0.1) is 12.7 Å². The smallest absolute Gasteiger partial charge is 0.407 e. The Kier molecular flexibility index (Phi) is 8.60. The molecule has 1 aliphatic carbocycles. The molecule has 0 saturated carbocycles. The Labute approximate surface area is 197 Å². The van der Waals surface area contributed by atoms with E-state index < -0.39 is 30.1 Å². The molecule has 0 aromatic heterocycles. The zero-order valence-electron chi connectivity index (χ0n) is 18.8. The Morgan fingerprint density at radius 1 is 1.03 bits per heavy atom. The number of alkyl carbamates (subject to hydrolysis) is 1. The highest BCUT2D eigenvalue weighted by Gasteiger charge is 2.30. The number of ether oxygens (including phenoxy) is 2. The van der Waals surface area contributed by atoms with Gasteiger partial charge in [-0.15, -0.1) is 0 Å². The molecule has 0 saturated heterocycles. The molecule has 9 heteroatoms. The molecule has 3 rings (SSSR count). The first kappa shape index (κ1) is 24.7. The van der Waals surface area contributed by atoms with E-state index in [-0.39, 0.29) is 32.0 Å². The number of nitrogens with zero attached hydrogens (tertiary/aromatic N) is 1. The molecule has 2 aromatic carbocycles. The van der Waals surface area contributed by atoms with E-state index in [1.807, 2.05) is 54.6 Å². The molecule has 2 amide bonds. The van der Waals surface area contributed by atoms with Crippen molar-refractivity contribution < 1.29 is 29.0 Å². The summed E-state index contributed by atoms with van der Waals surface area (Å²) in [6.45, 7) is -0.148. The average molecular weight is 466 g/mol. The number of carbonyl (C=O) groups is 3. The van der Waals surface area contributed by atoms with Crippen LogP contribution in [0, 0.1) is 11.3 Å². The minimum absolute atomic E-state index is 0.0772. The Bertz CT molecular complexity index is 1030. The third-order valence-electron chi connectivity index (χ3n) is 5.68. The Morgan fingerprint density at radius 2 is 1.65 bits per heavy atom. The number of aliphatic carboxylic acids is 1. The first-order valence-corrected chi connectivity index (χ1v) is 11.0. The number of carbonyl (C=O) groups excluding carboxylic acids is 2. The molecule has 0 fully saturated rings. The second kappa shape index (κ2) is 11.8. The lowest BCUT2D eigenvalue weighted by Crippen LogP contribution is -2.53. The van der Waals surface area contributed by atoms with Gasteiger partial charge in [-0.05, 0) is 35.1 Å². The van der Waals surface area contributed by atoms with Gasteiger partial charge in [0.1, 0.15) is 12.6 Å². The van der Waals surface area contributed by atoms with Gasteiger partial charge in [0.25, 0.3) is 0 Å². The topological polar surface area (TPSA) is 138 Å². The zero-order valence-corrected chi connectivity index (χ0v) is 18.8. The van der Waals surface area contributed by atoms with Crippen molar-refractivity contribution in [1.82, 2.24) is 10.6 Å².